The van der Waals surface area contributed by atoms with E-state index in [0.29, 0.717) is 22.1 Å². The summed E-state index contributed by atoms with van der Waals surface area (Å²) in [6.45, 7) is 0. The zero-order valence-electron chi connectivity index (χ0n) is 45.1. The zero-order chi connectivity index (χ0) is 51.0. The molecule has 0 atom stereocenters. The van der Waals surface area contributed by atoms with Crippen molar-refractivity contribution in [2.24, 2.45) is 0 Å². The first-order valence-electron chi connectivity index (χ1n) is 26.2. The van der Waals surface area contributed by atoms with Gasteiger partial charge in [0, 0.05) is 16.3 Å². The topological polar surface area (TPSA) is 13.1 Å². The van der Waals surface area contributed by atoms with Crippen LogP contribution in [0.1, 0.15) is 19.2 Å². The van der Waals surface area contributed by atoms with Crippen LogP contribution in [0.4, 0.5) is 0 Å². The minimum Gasteiger partial charge on any atom is -0.455 e. The first-order valence-corrected chi connectivity index (χ1v) is 19.2. The highest BCUT2D eigenvalue weighted by Crippen LogP contribution is 2.48. The fourth-order valence-corrected chi connectivity index (χ4v) is 8.80. The van der Waals surface area contributed by atoms with Gasteiger partial charge < -0.3 is 4.42 Å². The summed E-state index contributed by atoms with van der Waals surface area (Å²) >= 11 is 0. The number of hydrogen-bond acceptors (Lipinski definition) is 1. The number of para-hydroxylation sites is 1. The molecule has 1 aromatic heterocycles. The molecule has 0 spiro atoms. The average molecular weight is 763 g/mol. The van der Waals surface area contributed by atoms with Crippen molar-refractivity contribution < 1.29 is 23.6 Å². The van der Waals surface area contributed by atoms with Gasteiger partial charge in [0.05, 0.1) is 19.2 Å². The summed E-state index contributed by atoms with van der Waals surface area (Å²) in [5.41, 5.74) is 4.57. The van der Waals surface area contributed by atoms with Crippen molar-refractivity contribution in [2.45, 2.75) is 0 Å². The van der Waals surface area contributed by atoms with Gasteiger partial charge in [0.25, 0.3) is 0 Å². The fraction of sp³-hybridized carbons (Fsp3) is 0. The van der Waals surface area contributed by atoms with E-state index in [9.17, 15) is 1.37 Å². The molecule has 0 aliphatic heterocycles. The molecular weight excluding hydrogens is 713 g/mol. The smallest absolute Gasteiger partial charge is 0.143 e. The molecule has 0 fully saturated rings. The van der Waals surface area contributed by atoms with E-state index in [4.69, 9.17) is 22.2 Å². The van der Waals surface area contributed by atoms with Crippen molar-refractivity contribution in [3.8, 4) is 55.6 Å². The van der Waals surface area contributed by atoms with E-state index in [0.717, 1.165) is 70.7 Å². The fourth-order valence-electron chi connectivity index (χ4n) is 8.80. The summed E-state index contributed by atoms with van der Waals surface area (Å²) < 4.78 is 128. The summed E-state index contributed by atoms with van der Waals surface area (Å²) in [6.07, 6.45) is 0. The Morgan fingerprint density at radius 3 is 1.64 bits per heavy atom. The Morgan fingerprint density at radius 2 is 0.915 bits per heavy atom. The van der Waals surface area contributed by atoms with Crippen LogP contribution in [0.3, 0.4) is 0 Å². The molecule has 12 aromatic rings. The van der Waals surface area contributed by atoms with Crippen molar-refractivity contribution in [3.05, 3.63) is 218 Å². The Labute approximate surface area is 361 Å². The SMILES string of the molecule is [2H]c1c([2H])c([2H])c(-c2c([2H])c([2H])c([2H])c(-c3cccc4c3oc3ccc(-c5cccc6c(-c7c8ccccc8c(-c8c([2H])c([2H])c([2H])c([2H])c8[2H])c8ccccc78)cc7ccccc7c56)cc34)c2[2H])c([2H])c1[2H]. The number of rotatable bonds is 5. The summed E-state index contributed by atoms with van der Waals surface area (Å²) in [7, 11) is 0. The molecule has 0 aliphatic carbocycles. The van der Waals surface area contributed by atoms with Crippen LogP contribution in [0.2, 0.25) is 0 Å². The van der Waals surface area contributed by atoms with Crippen LogP contribution in [0, 0.1) is 0 Å². The van der Waals surface area contributed by atoms with E-state index < -0.39 is 78.1 Å². The van der Waals surface area contributed by atoms with Crippen LogP contribution in [-0.4, -0.2) is 0 Å². The van der Waals surface area contributed by atoms with Crippen LogP contribution < -0.4 is 0 Å². The summed E-state index contributed by atoms with van der Waals surface area (Å²) in [5, 5.41) is 8.43. The lowest BCUT2D eigenvalue weighted by Gasteiger charge is -2.20. The van der Waals surface area contributed by atoms with Crippen molar-refractivity contribution in [3.63, 3.8) is 0 Å². The second-order valence-corrected chi connectivity index (χ2v) is 14.5. The van der Waals surface area contributed by atoms with E-state index in [1.165, 1.54) is 0 Å². The lowest BCUT2D eigenvalue weighted by atomic mass is 9.83. The average Bonchev–Trinajstić information content (AvgIpc) is 3.79. The van der Waals surface area contributed by atoms with E-state index >= 15 is 0 Å². The molecule has 0 radical (unpaired) electrons. The molecule has 0 saturated carbocycles. The lowest BCUT2D eigenvalue weighted by Crippen LogP contribution is -1.93. The molecule has 0 bridgehead atoms. The van der Waals surface area contributed by atoms with Gasteiger partial charge >= 0.3 is 0 Å². The third-order valence-electron chi connectivity index (χ3n) is 11.3. The van der Waals surface area contributed by atoms with Crippen molar-refractivity contribution >= 4 is 65.0 Å². The summed E-state index contributed by atoms with van der Waals surface area (Å²) in [5.74, 6) is 0. The summed E-state index contributed by atoms with van der Waals surface area (Å²) in [4.78, 5) is 0. The van der Waals surface area contributed by atoms with Gasteiger partial charge in [-0.3, -0.25) is 0 Å². The molecule has 0 saturated heterocycles. The molecule has 1 nitrogen and oxygen atoms in total. The van der Waals surface area contributed by atoms with Gasteiger partial charge in [0.15, 0.2) is 0 Å². The van der Waals surface area contributed by atoms with Gasteiger partial charge in [-0.2, -0.15) is 0 Å². The van der Waals surface area contributed by atoms with Crippen molar-refractivity contribution in [1.82, 2.24) is 0 Å². The van der Waals surface area contributed by atoms with Gasteiger partial charge in [0.1, 0.15) is 11.2 Å². The standard InChI is InChI=1S/C58H36O/c1-3-16-37(17-4-1)39-21-13-22-40(34-39)45-29-15-31-51-52-35-42(32-33-54(52)59-58(45)51)44-28-14-30-50-53(36-41-20-7-8-23-43(41)56(44)50)57-48-26-11-9-24-46(48)55(38-18-5-2-6-19-38)47-25-10-12-27-49(47)57/h1-36H/i1D,2D,3D,4D,5D,6D,13D,16D,17D,18D,19D,21D,22D,34D. The minimum atomic E-state index is -0.644. The van der Waals surface area contributed by atoms with Crippen LogP contribution >= 0.6 is 0 Å². The minimum absolute atomic E-state index is 0.0814. The first kappa shape index (κ1) is 22.3. The Hall–Kier alpha value is -7.74. The molecule has 0 amide bonds. The predicted molar refractivity (Wildman–Crippen MR) is 251 cm³/mol. The Kier molecular flexibility index (Phi) is 5.07. The molecule has 11 aromatic carbocycles. The van der Waals surface area contributed by atoms with E-state index in [1.54, 1.807) is 12.1 Å². The highest BCUT2D eigenvalue weighted by atomic mass is 16.3. The summed E-state index contributed by atoms with van der Waals surface area (Å²) in [6, 6.07) is 36.3. The van der Waals surface area contributed by atoms with E-state index in [2.05, 4.69) is 30.3 Å². The largest absolute Gasteiger partial charge is 0.455 e. The lowest BCUT2D eigenvalue weighted by molar-refractivity contribution is 0.670. The predicted octanol–water partition coefficient (Wildman–Crippen LogP) is 16.5. The maximum absolute atomic E-state index is 9.41. The van der Waals surface area contributed by atoms with E-state index in [1.807, 2.05) is 91.0 Å². The normalized spacial score (nSPS) is 15.1. The zero-order valence-corrected chi connectivity index (χ0v) is 31.1. The van der Waals surface area contributed by atoms with Crippen molar-refractivity contribution in [2.75, 3.05) is 0 Å². The molecule has 0 unspecified atom stereocenters. The maximum Gasteiger partial charge on any atom is 0.143 e. The monoisotopic (exact) mass is 762 g/mol. The highest BCUT2D eigenvalue weighted by molar-refractivity contribution is 6.27. The van der Waals surface area contributed by atoms with Gasteiger partial charge in [-0.25, -0.2) is 0 Å². The van der Waals surface area contributed by atoms with Crippen LogP contribution in [0.25, 0.3) is 121 Å². The van der Waals surface area contributed by atoms with E-state index in [-0.39, 0.29) is 34.3 Å². The van der Waals surface area contributed by atoms with Crippen LogP contribution in [0.5, 0.6) is 0 Å². The van der Waals surface area contributed by atoms with Crippen LogP contribution in [0.15, 0.2) is 222 Å². The molecule has 1 heterocycles. The Morgan fingerprint density at radius 1 is 0.339 bits per heavy atom. The number of fused-ring (bicyclic) bond motifs is 8. The number of furan rings is 1. The van der Waals surface area contributed by atoms with Crippen LogP contribution in [-0.2, 0) is 0 Å². The Balaban J connectivity index is 1.09. The van der Waals surface area contributed by atoms with Gasteiger partial charge in [-0.05, 0) is 117 Å². The molecule has 59 heavy (non-hydrogen) atoms. The molecule has 0 aliphatic rings. The molecule has 274 valence electrons. The Bertz CT molecular complexity index is 4330. The van der Waals surface area contributed by atoms with Gasteiger partial charge in [0.2, 0.25) is 0 Å². The number of benzene rings is 11. The van der Waals surface area contributed by atoms with Crippen molar-refractivity contribution in [1.29, 1.82) is 0 Å². The second-order valence-electron chi connectivity index (χ2n) is 14.5. The third kappa shape index (κ3) is 5.33. The maximum atomic E-state index is 9.41. The van der Waals surface area contributed by atoms with Gasteiger partial charge in [-0.15, -0.1) is 0 Å². The third-order valence-corrected chi connectivity index (χ3v) is 11.3. The quantitative estimate of drug-likeness (QED) is 0.126. The van der Waals surface area contributed by atoms with Gasteiger partial charge in [-0.1, -0.05) is 194 Å². The highest BCUT2D eigenvalue weighted by Gasteiger charge is 2.21. The molecule has 0 N–H and O–H groups in total. The first-order chi connectivity index (χ1) is 35.1. The number of hydrogen-bond donors (Lipinski definition) is 0. The second kappa shape index (κ2) is 13.4. The molecule has 12 rings (SSSR count). The molecule has 1 heteroatoms. The molecular formula is C58H36O.